The molecule has 0 aliphatic rings. The summed E-state index contributed by atoms with van der Waals surface area (Å²) in [5, 5.41) is 2.70. The van der Waals surface area contributed by atoms with Crippen LogP contribution in [0.5, 0.6) is 0 Å². The van der Waals surface area contributed by atoms with Gasteiger partial charge in [0.25, 0.3) is 0 Å². The lowest BCUT2D eigenvalue weighted by molar-refractivity contribution is -0.142. The fraction of sp³-hybridized carbons (Fsp3) is 0.312. The van der Waals surface area contributed by atoms with Crippen LogP contribution in [0.1, 0.15) is 20.3 Å². The smallest absolute Gasteiger partial charge is 0.306 e. The number of hydrogen-bond donors (Lipinski definition) is 0. The second-order valence-corrected chi connectivity index (χ2v) is 5.96. The van der Waals surface area contributed by atoms with Gasteiger partial charge < -0.3 is 4.74 Å². The minimum atomic E-state index is -0.122. The van der Waals surface area contributed by atoms with E-state index in [2.05, 4.69) is 37.3 Å². The third-order valence-corrected chi connectivity index (χ3v) is 3.91. The Morgan fingerprint density at radius 2 is 1.95 bits per heavy atom. The van der Waals surface area contributed by atoms with Crippen molar-refractivity contribution in [2.75, 3.05) is 6.61 Å². The highest BCUT2D eigenvalue weighted by Gasteiger charge is 2.11. The van der Waals surface area contributed by atoms with Crippen LogP contribution in [0, 0.1) is 0 Å². The summed E-state index contributed by atoms with van der Waals surface area (Å²) in [5.74, 6) is -0.122. The largest absolute Gasteiger partial charge is 0.466 e. The van der Waals surface area contributed by atoms with E-state index in [0.717, 1.165) is 0 Å². The average molecular weight is 274 g/mol. The molecule has 1 unspecified atom stereocenters. The number of fused-ring (bicyclic) bond motifs is 1. The van der Waals surface area contributed by atoms with E-state index in [4.69, 9.17) is 4.74 Å². The van der Waals surface area contributed by atoms with Gasteiger partial charge in [0.05, 0.1) is 13.0 Å². The van der Waals surface area contributed by atoms with E-state index < -0.39 is 0 Å². The van der Waals surface area contributed by atoms with Gasteiger partial charge >= 0.3 is 5.97 Å². The van der Waals surface area contributed by atoms with E-state index in [1.807, 2.05) is 19.1 Å². The Bertz CT molecular complexity index is 565. The van der Waals surface area contributed by atoms with Crippen LogP contribution >= 0.6 is 11.8 Å². The molecule has 0 aliphatic carbocycles. The van der Waals surface area contributed by atoms with Crippen LogP contribution in [-0.2, 0) is 9.53 Å². The number of ether oxygens (including phenoxy) is 1. The summed E-state index contributed by atoms with van der Waals surface area (Å²) < 4.78 is 4.97. The predicted octanol–water partition coefficient (Wildman–Crippen LogP) is 4.27. The lowest BCUT2D eigenvalue weighted by atomic mass is 10.1. The van der Waals surface area contributed by atoms with Crippen LogP contribution in [0.25, 0.3) is 10.8 Å². The summed E-state index contributed by atoms with van der Waals surface area (Å²) in [6.45, 7) is 4.34. The van der Waals surface area contributed by atoms with E-state index in [9.17, 15) is 4.79 Å². The van der Waals surface area contributed by atoms with Gasteiger partial charge in [-0.2, -0.15) is 0 Å². The number of thioether (sulfide) groups is 1. The fourth-order valence-electron chi connectivity index (χ4n) is 1.97. The van der Waals surface area contributed by atoms with Gasteiger partial charge in [0.2, 0.25) is 0 Å². The summed E-state index contributed by atoms with van der Waals surface area (Å²) in [6, 6.07) is 14.7. The molecule has 0 spiro atoms. The number of benzene rings is 2. The standard InChI is InChI=1S/C16H18O2S/c1-3-18-16(17)10-12(2)19-15-9-8-13-6-4-5-7-14(13)11-15/h4-9,11-12H,3,10H2,1-2H3. The topological polar surface area (TPSA) is 26.3 Å². The highest BCUT2D eigenvalue weighted by molar-refractivity contribution is 8.00. The van der Waals surface area contributed by atoms with E-state index >= 15 is 0 Å². The molecule has 2 nitrogen and oxygen atoms in total. The van der Waals surface area contributed by atoms with Crippen LogP contribution in [0.3, 0.4) is 0 Å². The summed E-state index contributed by atoms with van der Waals surface area (Å²) in [6.07, 6.45) is 0.450. The van der Waals surface area contributed by atoms with Crippen molar-refractivity contribution >= 4 is 28.5 Å². The van der Waals surface area contributed by atoms with Gasteiger partial charge in [0, 0.05) is 10.1 Å². The minimum absolute atomic E-state index is 0.122. The van der Waals surface area contributed by atoms with Gasteiger partial charge in [-0.1, -0.05) is 37.3 Å². The third-order valence-electron chi connectivity index (χ3n) is 2.82. The number of carbonyl (C=O) groups excluding carboxylic acids is 1. The molecule has 0 aromatic heterocycles. The van der Waals surface area contributed by atoms with Crippen LogP contribution in [0.4, 0.5) is 0 Å². The molecule has 0 saturated heterocycles. The highest BCUT2D eigenvalue weighted by Crippen LogP contribution is 2.28. The van der Waals surface area contributed by atoms with Crippen molar-refractivity contribution in [3.05, 3.63) is 42.5 Å². The van der Waals surface area contributed by atoms with E-state index in [0.29, 0.717) is 13.0 Å². The highest BCUT2D eigenvalue weighted by atomic mass is 32.2. The van der Waals surface area contributed by atoms with Gasteiger partial charge in [-0.15, -0.1) is 11.8 Å². The molecule has 100 valence electrons. The normalized spacial score (nSPS) is 12.3. The van der Waals surface area contributed by atoms with Crippen LogP contribution in [0.2, 0.25) is 0 Å². The Hall–Kier alpha value is -1.48. The maximum Gasteiger partial charge on any atom is 0.306 e. The zero-order valence-corrected chi connectivity index (χ0v) is 12.1. The number of esters is 1. The molecule has 0 amide bonds. The summed E-state index contributed by atoms with van der Waals surface area (Å²) in [4.78, 5) is 12.6. The van der Waals surface area contributed by atoms with Crippen molar-refractivity contribution < 1.29 is 9.53 Å². The first-order chi connectivity index (χ1) is 9.19. The van der Waals surface area contributed by atoms with Crippen molar-refractivity contribution in [3.8, 4) is 0 Å². The quantitative estimate of drug-likeness (QED) is 0.601. The summed E-state index contributed by atoms with van der Waals surface area (Å²) >= 11 is 1.71. The molecule has 2 rings (SSSR count). The van der Waals surface area contributed by atoms with E-state index in [1.54, 1.807) is 11.8 Å². The Labute approximate surface area is 118 Å². The molecular weight excluding hydrogens is 256 g/mol. The molecule has 0 N–H and O–H groups in total. The van der Waals surface area contributed by atoms with Gasteiger partial charge in [-0.3, -0.25) is 4.79 Å². The van der Waals surface area contributed by atoms with Crippen molar-refractivity contribution in [3.63, 3.8) is 0 Å². The van der Waals surface area contributed by atoms with Crippen molar-refractivity contribution in [1.82, 2.24) is 0 Å². The molecule has 1 atom stereocenters. The maximum absolute atomic E-state index is 11.4. The molecule has 0 heterocycles. The zero-order valence-electron chi connectivity index (χ0n) is 11.3. The predicted molar refractivity (Wildman–Crippen MR) is 80.5 cm³/mol. The number of rotatable bonds is 5. The molecule has 2 aromatic carbocycles. The monoisotopic (exact) mass is 274 g/mol. The molecule has 0 fully saturated rings. The van der Waals surface area contributed by atoms with Gasteiger partial charge in [0.1, 0.15) is 0 Å². The summed E-state index contributed by atoms with van der Waals surface area (Å²) in [7, 11) is 0. The van der Waals surface area contributed by atoms with E-state index in [1.165, 1.54) is 15.7 Å². The molecule has 3 heteroatoms. The van der Waals surface area contributed by atoms with Crippen molar-refractivity contribution in [2.24, 2.45) is 0 Å². The molecule has 2 aromatic rings. The Balaban J connectivity index is 2.02. The molecule has 0 saturated carbocycles. The van der Waals surface area contributed by atoms with Gasteiger partial charge in [0.15, 0.2) is 0 Å². The molecule has 0 radical (unpaired) electrons. The SMILES string of the molecule is CCOC(=O)CC(C)Sc1ccc2ccccc2c1. The Morgan fingerprint density at radius 1 is 1.21 bits per heavy atom. The fourth-order valence-corrected chi connectivity index (χ4v) is 2.99. The number of hydrogen-bond acceptors (Lipinski definition) is 3. The van der Waals surface area contributed by atoms with Crippen molar-refractivity contribution in [2.45, 2.75) is 30.4 Å². The lowest BCUT2D eigenvalue weighted by Gasteiger charge is -2.11. The maximum atomic E-state index is 11.4. The minimum Gasteiger partial charge on any atom is -0.466 e. The van der Waals surface area contributed by atoms with Crippen molar-refractivity contribution in [1.29, 1.82) is 0 Å². The summed E-state index contributed by atoms with van der Waals surface area (Å²) in [5.41, 5.74) is 0. The first kappa shape index (κ1) is 13.9. The first-order valence-corrected chi connectivity index (χ1v) is 7.38. The van der Waals surface area contributed by atoms with Crippen LogP contribution in [0.15, 0.2) is 47.4 Å². The van der Waals surface area contributed by atoms with E-state index in [-0.39, 0.29) is 11.2 Å². The zero-order chi connectivity index (χ0) is 13.7. The first-order valence-electron chi connectivity index (χ1n) is 6.50. The second-order valence-electron chi connectivity index (χ2n) is 4.45. The molecule has 0 bridgehead atoms. The second kappa shape index (κ2) is 6.62. The average Bonchev–Trinajstić information content (AvgIpc) is 2.38. The van der Waals surface area contributed by atoms with Gasteiger partial charge in [-0.05, 0) is 29.8 Å². The molecular formula is C16H18O2S. The lowest BCUT2D eigenvalue weighted by Crippen LogP contribution is -2.10. The Morgan fingerprint density at radius 3 is 2.68 bits per heavy atom. The van der Waals surface area contributed by atoms with Crippen LogP contribution in [-0.4, -0.2) is 17.8 Å². The number of carbonyl (C=O) groups is 1. The third kappa shape index (κ3) is 4.00. The Kier molecular flexibility index (Phi) is 4.86. The van der Waals surface area contributed by atoms with Crippen LogP contribution < -0.4 is 0 Å². The van der Waals surface area contributed by atoms with Gasteiger partial charge in [-0.25, -0.2) is 0 Å². The molecule has 19 heavy (non-hydrogen) atoms. The molecule has 0 aliphatic heterocycles.